The lowest BCUT2D eigenvalue weighted by Crippen LogP contribution is -2.30. The Bertz CT molecular complexity index is 633. The van der Waals surface area contributed by atoms with Crippen LogP contribution >= 0.6 is 22.7 Å². The van der Waals surface area contributed by atoms with Crippen molar-refractivity contribution in [3.63, 3.8) is 0 Å². The van der Waals surface area contributed by atoms with Gasteiger partial charge in [0.15, 0.2) is 0 Å². The van der Waals surface area contributed by atoms with E-state index in [9.17, 15) is 0 Å². The van der Waals surface area contributed by atoms with Crippen LogP contribution in [0.2, 0.25) is 0 Å². The normalized spacial score (nSPS) is 16.9. The van der Waals surface area contributed by atoms with Crippen molar-refractivity contribution < 1.29 is 0 Å². The van der Waals surface area contributed by atoms with Crippen LogP contribution in [0.3, 0.4) is 0 Å². The summed E-state index contributed by atoms with van der Waals surface area (Å²) in [4.78, 5) is 3.41. The van der Waals surface area contributed by atoms with E-state index in [1.54, 1.807) is 20.9 Å². The molecule has 27 heavy (non-hydrogen) atoms. The summed E-state index contributed by atoms with van der Waals surface area (Å²) in [6, 6.07) is 4.79. The summed E-state index contributed by atoms with van der Waals surface area (Å²) in [6.45, 7) is 9.51. The van der Waals surface area contributed by atoms with Gasteiger partial charge in [-0.1, -0.05) is 79.1 Å². The molecule has 0 spiro atoms. The predicted molar refractivity (Wildman–Crippen MR) is 124 cm³/mol. The average Bonchev–Trinajstić information content (AvgIpc) is 3.39. The van der Waals surface area contributed by atoms with E-state index >= 15 is 0 Å². The van der Waals surface area contributed by atoms with Crippen LogP contribution in [0.1, 0.15) is 102 Å². The molecule has 2 aromatic heterocycles. The molecule has 0 radical (unpaired) electrons. The maximum atomic E-state index is 2.42. The average molecular weight is 403 g/mol. The highest BCUT2D eigenvalue weighted by Crippen LogP contribution is 2.59. The van der Waals surface area contributed by atoms with E-state index in [1.165, 1.54) is 64.2 Å². The van der Waals surface area contributed by atoms with Gasteiger partial charge in [-0.3, -0.25) is 0 Å². The van der Waals surface area contributed by atoms with Gasteiger partial charge >= 0.3 is 0 Å². The zero-order valence-corrected chi connectivity index (χ0v) is 19.5. The van der Waals surface area contributed by atoms with Crippen LogP contribution < -0.4 is 0 Å². The Labute approximate surface area is 175 Å². The minimum Gasteiger partial charge on any atom is -0.147 e. The number of rotatable bonds is 12. The van der Waals surface area contributed by atoms with Crippen molar-refractivity contribution in [2.24, 2.45) is 11.8 Å². The van der Waals surface area contributed by atoms with E-state index in [0.29, 0.717) is 5.41 Å². The molecule has 2 heterocycles. The largest absolute Gasteiger partial charge is 0.147 e. The molecular formula is C25H38S2. The van der Waals surface area contributed by atoms with Crippen molar-refractivity contribution in [1.82, 2.24) is 0 Å². The van der Waals surface area contributed by atoms with Gasteiger partial charge in [0.05, 0.1) is 0 Å². The topological polar surface area (TPSA) is 0 Å². The Morgan fingerprint density at radius 1 is 0.741 bits per heavy atom. The first-order valence-corrected chi connectivity index (χ1v) is 13.1. The molecule has 0 bridgehead atoms. The van der Waals surface area contributed by atoms with Crippen LogP contribution in [0.15, 0.2) is 22.9 Å². The van der Waals surface area contributed by atoms with Crippen molar-refractivity contribution in [2.75, 3.05) is 0 Å². The minimum absolute atomic E-state index is 0.301. The molecule has 0 amide bonds. The fraction of sp³-hybridized carbons (Fsp3) is 0.680. The predicted octanol–water partition coefficient (Wildman–Crippen LogP) is 9.29. The summed E-state index contributed by atoms with van der Waals surface area (Å²) < 4.78 is 0. The maximum absolute atomic E-state index is 2.42. The fourth-order valence-electron chi connectivity index (χ4n) is 5.21. The second-order valence-electron chi connectivity index (χ2n) is 8.65. The third kappa shape index (κ3) is 4.22. The SMILES string of the molecule is CCCCC(CC)CC1(CC(CC)CCCC)c2sccc2-c2ccsc21. The molecule has 0 aliphatic heterocycles. The molecule has 1 aliphatic carbocycles. The molecule has 0 N–H and O–H groups in total. The molecule has 0 nitrogen and oxygen atoms in total. The highest BCUT2D eigenvalue weighted by Gasteiger charge is 2.47. The summed E-state index contributed by atoms with van der Waals surface area (Å²) in [5.74, 6) is 1.72. The standard InChI is InChI=1S/C25H38S2/c1-5-9-11-19(7-3)17-25(18-20(8-4)12-10-6-2)23-21(13-15-26-23)22-14-16-27-24(22)25/h13-16,19-20H,5-12,17-18H2,1-4H3. The van der Waals surface area contributed by atoms with E-state index in [1.807, 2.05) is 22.7 Å². The fourth-order valence-corrected chi connectivity index (χ4v) is 7.56. The van der Waals surface area contributed by atoms with Crippen molar-refractivity contribution in [2.45, 2.75) is 97.3 Å². The van der Waals surface area contributed by atoms with Crippen LogP contribution in [-0.2, 0) is 5.41 Å². The smallest absolute Gasteiger partial charge is 0.0408 e. The molecule has 0 fully saturated rings. The molecule has 2 unspecified atom stereocenters. The van der Waals surface area contributed by atoms with Crippen molar-refractivity contribution in [1.29, 1.82) is 0 Å². The third-order valence-electron chi connectivity index (χ3n) is 6.85. The van der Waals surface area contributed by atoms with E-state index in [0.717, 1.165) is 11.8 Å². The molecule has 0 saturated heterocycles. The van der Waals surface area contributed by atoms with E-state index in [-0.39, 0.29) is 0 Å². The van der Waals surface area contributed by atoms with Crippen molar-refractivity contribution in [3.05, 3.63) is 32.6 Å². The van der Waals surface area contributed by atoms with Gasteiger partial charge in [-0.2, -0.15) is 0 Å². The van der Waals surface area contributed by atoms with Crippen LogP contribution in [-0.4, -0.2) is 0 Å². The first-order valence-electron chi connectivity index (χ1n) is 11.4. The zero-order valence-electron chi connectivity index (χ0n) is 17.9. The van der Waals surface area contributed by atoms with Crippen molar-refractivity contribution in [3.8, 4) is 11.1 Å². The summed E-state index contributed by atoms with van der Waals surface area (Å²) in [5.41, 5.74) is 3.43. The van der Waals surface area contributed by atoms with Gasteiger partial charge in [0.25, 0.3) is 0 Å². The van der Waals surface area contributed by atoms with Gasteiger partial charge in [-0.15, -0.1) is 22.7 Å². The number of fused-ring (bicyclic) bond motifs is 3. The van der Waals surface area contributed by atoms with Gasteiger partial charge in [-0.25, -0.2) is 0 Å². The Hall–Kier alpha value is -0.600. The van der Waals surface area contributed by atoms with Crippen LogP contribution in [0, 0.1) is 11.8 Å². The highest BCUT2D eigenvalue weighted by molar-refractivity contribution is 7.13. The Kier molecular flexibility index (Phi) is 7.62. The Morgan fingerprint density at radius 3 is 1.56 bits per heavy atom. The summed E-state index contributed by atoms with van der Waals surface area (Å²) in [7, 11) is 0. The van der Waals surface area contributed by atoms with E-state index in [4.69, 9.17) is 0 Å². The van der Waals surface area contributed by atoms with E-state index < -0.39 is 0 Å². The van der Waals surface area contributed by atoms with Crippen LogP contribution in [0.25, 0.3) is 11.1 Å². The molecule has 0 aromatic carbocycles. The molecule has 2 aromatic rings. The molecule has 0 saturated carbocycles. The third-order valence-corrected chi connectivity index (χ3v) is 9.09. The van der Waals surface area contributed by atoms with Gasteiger partial charge < -0.3 is 0 Å². The lowest BCUT2D eigenvalue weighted by Gasteiger charge is -2.36. The van der Waals surface area contributed by atoms with Gasteiger partial charge in [0.1, 0.15) is 0 Å². The lowest BCUT2D eigenvalue weighted by molar-refractivity contribution is 0.272. The first-order chi connectivity index (χ1) is 13.2. The second kappa shape index (κ2) is 9.74. The van der Waals surface area contributed by atoms with Gasteiger partial charge in [0, 0.05) is 15.2 Å². The minimum atomic E-state index is 0.301. The Balaban J connectivity index is 1.97. The molecule has 2 atom stereocenters. The maximum Gasteiger partial charge on any atom is 0.0408 e. The number of unbranched alkanes of at least 4 members (excludes halogenated alkanes) is 2. The zero-order chi connectivity index (χ0) is 19.3. The van der Waals surface area contributed by atoms with Gasteiger partial charge in [-0.05, 0) is 58.7 Å². The number of hydrogen-bond donors (Lipinski definition) is 0. The summed E-state index contributed by atoms with van der Waals surface area (Å²) in [5, 5.41) is 4.69. The molecule has 2 heteroatoms. The molecule has 3 rings (SSSR count). The van der Waals surface area contributed by atoms with Gasteiger partial charge in [0.2, 0.25) is 0 Å². The van der Waals surface area contributed by atoms with Crippen LogP contribution in [0.4, 0.5) is 0 Å². The number of thiophene rings is 2. The van der Waals surface area contributed by atoms with Crippen LogP contribution in [0.5, 0.6) is 0 Å². The molecule has 1 aliphatic rings. The van der Waals surface area contributed by atoms with E-state index in [2.05, 4.69) is 50.6 Å². The lowest BCUT2D eigenvalue weighted by atomic mass is 9.70. The Morgan fingerprint density at radius 2 is 1.19 bits per heavy atom. The second-order valence-corrected chi connectivity index (χ2v) is 10.5. The monoisotopic (exact) mass is 402 g/mol. The molecular weight excluding hydrogens is 364 g/mol. The quantitative estimate of drug-likeness (QED) is 0.332. The molecule has 150 valence electrons. The summed E-state index contributed by atoms with van der Waals surface area (Å²) in [6.07, 6.45) is 13.6. The number of hydrogen-bond acceptors (Lipinski definition) is 2. The van der Waals surface area contributed by atoms with Crippen molar-refractivity contribution >= 4 is 22.7 Å². The summed E-state index contributed by atoms with van der Waals surface area (Å²) >= 11 is 4.08. The first kappa shape index (κ1) is 21.1. The highest BCUT2D eigenvalue weighted by atomic mass is 32.1.